The molecule has 0 spiro atoms. The van der Waals surface area contributed by atoms with Crippen LogP contribution in [-0.4, -0.2) is 29.2 Å². The number of rotatable bonds is 5. The van der Waals surface area contributed by atoms with Crippen molar-refractivity contribution in [3.05, 3.63) is 52.3 Å². The number of esters is 1. The number of nitrogens with two attached hydrogens (primary N) is 1. The van der Waals surface area contributed by atoms with Crippen molar-refractivity contribution >= 4 is 23.3 Å². The number of anilines is 1. The number of aromatic amines is 1. The van der Waals surface area contributed by atoms with Crippen LogP contribution in [0.4, 0.5) is 5.69 Å². The van der Waals surface area contributed by atoms with E-state index in [9.17, 15) is 9.59 Å². The van der Waals surface area contributed by atoms with E-state index in [0.717, 1.165) is 5.56 Å². The van der Waals surface area contributed by atoms with Gasteiger partial charge in [-0.25, -0.2) is 10.2 Å². The molecule has 1 aromatic carbocycles. The molecule has 0 aliphatic rings. The van der Waals surface area contributed by atoms with Gasteiger partial charge in [-0.05, 0) is 57.5 Å². The number of benzene rings is 1. The number of nitrogens with zero attached hydrogens (tertiary/aromatic N) is 1. The highest BCUT2D eigenvalue weighted by Crippen LogP contribution is 2.19. The first-order valence-electron chi connectivity index (χ1n) is 7.92. The van der Waals surface area contributed by atoms with Crippen LogP contribution in [-0.2, 0) is 4.74 Å². The first kappa shape index (κ1) is 18.3. The zero-order valence-electron chi connectivity index (χ0n) is 14.8. The number of hydrogen-bond acceptors (Lipinski definition) is 5. The Kier molecular flexibility index (Phi) is 5.59. The first-order valence-corrected chi connectivity index (χ1v) is 7.92. The fourth-order valence-electron chi connectivity index (χ4n) is 2.51. The van der Waals surface area contributed by atoms with Crippen LogP contribution < -0.4 is 11.2 Å². The van der Waals surface area contributed by atoms with Gasteiger partial charge in [-0.3, -0.25) is 4.79 Å². The van der Waals surface area contributed by atoms with Crippen LogP contribution in [0.2, 0.25) is 0 Å². The molecule has 0 aliphatic carbocycles. The van der Waals surface area contributed by atoms with Crippen LogP contribution in [0.5, 0.6) is 0 Å². The summed E-state index contributed by atoms with van der Waals surface area (Å²) in [7, 11) is 0. The minimum absolute atomic E-state index is 0.308. The molecule has 4 N–H and O–H groups in total. The molecule has 0 fully saturated rings. The number of H-pyrrole nitrogens is 1. The second-order valence-electron chi connectivity index (χ2n) is 5.61. The summed E-state index contributed by atoms with van der Waals surface area (Å²) in [4.78, 5) is 27.3. The molecule has 0 aliphatic heterocycles. The number of aromatic nitrogens is 1. The van der Waals surface area contributed by atoms with Crippen molar-refractivity contribution in [1.82, 2.24) is 10.4 Å². The first-order chi connectivity index (χ1) is 11.8. The zero-order chi connectivity index (χ0) is 18.6. The standard InChI is InChI=1S/C18H22N4O3/c1-5-25-18(24)15-10(2)16(20-11(15)3)12(4)21-22-17(23)13-6-8-14(19)9-7-13/h6-9,20H,5,19H2,1-4H3,(H,22,23)/b21-12+. The monoisotopic (exact) mass is 342 g/mol. The van der Waals surface area contributed by atoms with Gasteiger partial charge in [0.15, 0.2) is 0 Å². The van der Waals surface area contributed by atoms with E-state index in [1.54, 1.807) is 45.0 Å². The van der Waals surface area contributed by atoms with Gasteiger partial charge in [0.1, 0.15) is 0 Å². The van der Waals surface area contributed by atoms with Crippen molar-refractivity contribution in [3.63, 3.8) is 0 Å². The summed E-state index contributed by atoms with van der Waals surface area (Å²) in [5.74, 6) is -0.718. The number of hydrazone groups is 1. The average molecular weight is 342 g/mol. The number of hydrogen-bond donors (Lipinski definition) is 3. The third kappa shape index (κ3) is 4.06. The number of carbonyl (C=O) groups is 2. The molecule has 2 rings (SSSR count). The summed E-state index contributed by atoms with van der Waals surface area (Å²) in [6.45, 7) is 7.42. The average Bonchev–Trinajstić information content (AvgIpc) is 2.88. The van der Waals surface area contributed by atoms with Gasteiger partial charge in [-0.1, -0.05) is 0 Å². The van der Waals surface area contributed by atoms with Crippen molar-refractivity contribution in [1.29, 1.82) is 0 Å². The van der Waals surface area contributed by atoms with E-state index < -0.39 is 0 Å². The number of aryl methyl sites for hydroxylation is 1. The van der Waals surface area contributed by atoms with Crippen LogP contribution in [0.15, 0.2) is 29.4 Å². The molecular formula is C18H22N4O3. The second kappa shape index (κ2) is 7.65. The van der Waals surface area contributed by atoms with Crippen molar-refractivity contribution in [2.75, 3.05) is 12.3 Å². The Balaban J connectivity index is 2.19. The summed E-state index contributed by atoms with van der Waals surface area (Å²) in [5.41, 5.74) is 12.3. The largest absolute Gasteiger partial charge is 0.462 e. The van der Waals surface area contributed by atoms with Crippen molar-refractivity contribution in [3.8, 4) is 0 Å². The number of ether oxygens (including phenoxy) is 1. The lowest BCUT2D eigenvalue weighted by atomic mass is 10.1. The quantitative estimate of drug-likeness (QED) is 0.336. The van der Waals surface area contributed by atoms with E-state index in [2.05, 4.69) is 15.5 Å². The number of carbonyl (C=O) groups excluding carboxylic acids is 2. The summed E-state index contributed by atoms with van der Waals surface area (Å²) in [6.07, 6.45) is 0. The Morgan fingerprint density at radius 2 is 1.88 bits per heavy atom. The van der Waals surface area contributed by atoms with E-state index in [1.807, 2.05) is 6.92 Å². The van der Waals surface area contributed by atoms with Crippen LogP contribution in [0.25, 0.3) is 0 Å². The third-order valence-corrected chi connectivity index (χ3v) is 3.78. The van der Waals surface area contributed by atoms with Crippen molar-refractivity contribution < 1.29 is 14.3 Å². The Bertz CT molecular complexity index is 820. The van der Waals surface area contributed by atoms with E-state index in [-0.39, 0.29) is 11.9 Å². The summed E-state index contributed by atoms with van der Waals surface area (Å²) >= 11 is 0. The molecule has 1 amide bonds. The molecule has 7 heteroatoms. The molecule has 0 saturated heterocycles. The fraction of sp³-hybridized carbons (Fsp3) is 0.278. The molecule has 2 aromatic rings. The van der Waals surface area contributed by atoms with Crippen LogP contribution in [0, 0.1) is 13.8 Å². The Labute approximate surface area is 146 Å². The van der Waals surface area contributed by atoms with Crippen LogP contribution >= 0.6 is 0 Å². The minimum atomic E-state index is -0.376. The molecule has 1 heterocycles. The second-order valence-corrected chi connectivity index (χ2v) is 5.61. The van der Waals surface area contributed by atoms with Gasteiger partial charge in [0, 0.05) is 16.9 Å². The maximum atomic E-state index is 12.1. The van der Waals surface area contributed by atoms with Gasteiger partial charge in [-0.15, -0.1) is 0 Å². The predicted molar refractivity (Wildman–Crippen MR) is 96.8 cm³/mol. The molecule has 132 valence electrons. The van der Waals surface area contributed by atoms with Gasteiger partial charge < -0.3 is 15.5 Å². The predicted octanol–water partition coefficient (Wildman–Crippen LogP) is 2.54. The third-order valence-electron chi connectivity index (χ3n) is 3.78. The Morgan fingerprint density at radius 1 is 1.24 bits per heavy atom. The maximum absolute atomic E-state index is 12.1. The van der Waals surface area contributed by atoms with Gasteiger partial charge in [0.2, 0.25) is 0 Å². The minimum Gasteiger partial charge on any atom is -0.462 e. The lowest BCUT2D eigenvalue weighted by Crippen LogP contribution is -2.19. The molecule has 0 radical (unpaired) electrons. The lowest BCUT2D eigenvalue weighted by molar-refractivity contribution is 0.0525. The molecule has 25 heavy (non-hydrogen) atoms. The van der Waals surface area contributed by atoms with Gasteiger partial charge in [-0.2, -0.15) is 5.10 Å². The van der Waals surface area contributed by atoms with Crippen LogP contribution in [0.1, 0.15) is 51.5 Å². The zero-order valence-corrected chi connectivity index (χ0v) is 14.8. The SMILES string of the molecule is CCOC(=O)c1c(C)[nH]c(/C(C)=N/NC(=O)c2ccc(N)cc2)c1C. The van der Waals surface area contributed by atoms with Gasteiger partial charge >= 0.3 is 5.97 Å². The van der Waals surface area contributed by atoms with Crippen molar-refractivity contribution in [2.45, 2.75) is 27.7 Å². The Morgan fingerprint density at radius 3 is 2.48 bits per heavy atom. The molecule has 0 saturated carbocycles. The molecule has 0 atom stereocenters. The Hall–Kier alpha value is -3.09. The molecule has 1 aromatic heterocycles. The molecule has 7 nitrogen and oxygen atoms in total. The van der Waals surface area contributed by atoms with Crippen molar-refractivity contribution in [2.24, 2.45) is 5.10 Å². The van der Waals surface area contributed by atoms with E-state index >= 15 is 0 Å². The normalized spacial score (nSPS) is 11.3. The fourth-order valence-corrected chi connectivity index (χ4v) is 2.51. The summed E-state index contributed by atoms with van der Waals surface area (Å²) in [6, 6.07) is 6.54. The topological polar surface area (TPSA) is 110 Å². The number of nitrogen functional groups attached to an aromatic ring is 1. The molecule has 0 bridgehead atoms. The highest BCUT2D eigenvalue weighted by Gasteiger charge is 2.20. The lowest BCUT2D eigenvalue weighted by Gasteiger charge is -2.04. The van der Waals surface area contributed by atoms with Gasteiger partial charge in [0.25, 0.3) is 5.91 Å². The van der Waals surface area contributed by atoms with Crippen LogP contribution in [0.3, 0.4) is 0 Å². The van der Waals surface area contributed by atoms with Gasteiger partial charge in [0.05, 0.1) is 23.6 Å². The highest BCUT2D eigenvalue weighted by atomic mass is 16.5. The number of nitrogens with one attached hydrogen (secondary N) is 2. The summed E-state index contributed by atoms with van der Waals surface area (Å²) in [5, 5.41) is 4.12. The number of amides is 1. The molecule has 0 unspecified atom stereocenters. The molecular weight excluding hydrogens is 320 g/mol. The van der Waals surface area contributed by atoms with E-state index in [1.165, 1.54) is 0 Å². The maximum Gasteiger partial charge on any atom is 0.340 e. The smallest absolute Gasteiger partial charge is 0.340 e. The highest BCUT2D eigenvalue weighted by molar-refractivity contribution is 6.04. The van der Waals surface area contributed by atoms with E-state index in [0.29, 0.717) is 40.5 Å². The summed E-state index contributed by atoms with van der Waals surface area (Å²) < 4.78 is 5.07. The van der Waals surface area contributed by atoms with E-state index in [4.69, 9.17) is 10.5 Å².